The molecular formula is C17H20O6. The number of aliphatic carboxylic acids is 2. The van der Waals surface area contributed by atoms with E-state index in [9.17, 15) is 24.6 Å². The highest BCUT2D eigenvalue weighted by molar-refractivity contribution is 5.82. The standard InChI is InChI=1S/C17H20O6/c1-3-9(2)17(22)23-14-11-7-5-4-6-10(11)8-12(15(18)19)13(14)16(20)21/h4-7,9,12-14H,3,8H2,1-2H3,(H,18,19)(H,20,21). The first-order valence-corrected chi connectivity index (χ1v) is 7.60. The lowest BCUT2D eigenvalue weighted by molar-refractivity contribution is -0.171. The quantitative estimate of drug-likeness (QED) is 0.807. The van der Waals surface area contributed by atoms with Crippen LogP contribution in [0.1, 0.15) is 37.5 Å². The molecule has 2 N–H and O–H groups in total. The fourth-order valence-electron chi connectivity index (χ4n) is 2.85. The van der Waals surface area contributed by atoms with Crippen molar-refractivity contribution in [1.82, 2.24) is 0 Å². The predicted octanol–water partition coefficient (Wildman–Crippen LogP) is 2.27. The van der Waals surface area contributed by atoms with Gasteiger partial charge in [-0.05, 0) is 24.0 Å². The average Bonchev–Trinajstić information content (AvgIpc) is 2.52. The van der Waals surface area contributed by atoms with Crippen LogP contribution in [0.3, 0.4) is 0 Å². The summed E-state index contributed by atoms with van der Waals surface area (Å²) in [4.78, 5) is 35.3. The number of hydrogen-bond acceptors (Lipinski definition) is 4. The molecule has 0 heterocycles. The van der Waals surface area contributed by atoms with Crippen LogP contribution >= 0.6 is 0 Å². The van der Waals surface area contributed by atoms with Gasteiger partial charge in [-0.25, -0.2) is 0 Å². The molecule has 4 unspecified atom stereocenters. The minimum atomic E-state index is -1.30. The van der Waals surface area contributed by atoms with Crippen molar-refractivity contribution in [2.75, 3.05) is 0 Å². The number of esters is 1. The minimum absolute atomic E-state index is 0.111. The molecule has 0 amide bonds. The summed E-state index contributed by atoms with van der Waals surface area (Å²) in [6, 6.07) is 6.92. The first kappa shape index (κ1) is 17.0. The van der Waals surface area contributed by atoms with Gasteiger partial charge in [-0.1, -0.05) is 38.1 Å². The Labute approximate surface area is 134 Å². The molecule has 0 saturated heterocycles. The maximum atomic E-state index is 12.1. The SMILES string of the molecule is CCC(C)C(=O)OC1c2ccccc2CC(C(=O)O)C1C(=O)O. The van der Waals surface area contributed by atoms with Crippen molar-refractivity contribution in [1.29, 1.82) is 0 Å². The predicted molar refractivity (Wildman–Crippen MR) is 80.7 cm³/mol. The van der Waals surface area contributed by atoms with Crippen molar-refractivity contribution in [2.24, 2.45) is 17.8 Å². The highest BCUT2D eigenvalue weighted by Crippen LogP contribution is 2.41. The van der Waals surface area contributed by atoms with E-state index < -0.39 is 35.8 Å². The normalized spacial score (nSPS) is 24.3. The maximum absolute atomic E-state index is 12.1. The zero-order valence-electron chi connectivity index (χ0n) is 13.1. The van der Waals surface area contributed by atoms with Crippen LogP contribution in [0.2, 0.25) is 0 Å². The number of rotatable bonds is 5. The van der Waals surface area contributed by atoms with E-state index in [1.54, 1.807) is 31.2 Å². The highest BCUT2D eigenvalue weighted by Gasteiger charge is 2.47. The molecule has 6 nitrogen and oxygen atoms in total. The molecule has 1 aromatic carbocycles. The number of carboxylic acids is 2. The Hall–Kier alpha value is -2.37. The first-order valence-electron chi connectivity index (χ1n) is 7.60. The van der Waals surface area contributed by atoms with E-state index in [2.05, 4.69) is 0 Å². The fraction of sp³-hybridized carbons (Fsp3) is 0.471. The molecule has 2 rings (SSSR count). The molecule has 0 spiro atoms. The van der Waals surface area contributed by atoms with E-state index in [4.69, 9.17) is 4.74 Å². The zero-order chi connectivity index (χ0) is 17.1. The Kier molecular flexibility index (Phi) is 5.03. The summed E-state index contributed by atoms with van der Waals surface area (Å²) < 4.78 is 5.44. The largest absolute Gasteiger partial charge is 0.481 e. The van der Waals surface area contributed by atoms with Crippen LogP contribution in [0.4, 0.5) is 0 Å². The third kappa shape index (κ3) is 3.36. The van der Waals surface area contributed by atoms with Crippen LogP contribution in [0.15, 0.2) is 24.3 Å². The van der Waals surface area contributed by atoms with E-state index >= 15 is 0 Å². The van der Waals surface area contributed by atoms with Gasteiger partial charge in [-0.15, -0.1) is 0 Å². The molecule has 1 aliphatic rings. The monoisotopic (exact) mass is 320 g/mol. The van der Waals surface area contributed by atoms with Crippen LogP contribution in [0.25, 0.3) is 0 Å². The summed E-state index contributed by atoms with van der Waals surface area (Å²) in [5, 5.41) is 18.9. The number of carbonyl (C=O) groups excluding carboxylic acids is 1. The molecule has 0 bridgehead atoms. The summed E-state index contributed by atoms with van der Waals surface area (Å²) in [6.45, 7) is 3.52. The topological polar surface area (TPSA) is 101 Å². The van der Waals surface area contributed by atoms with Gasteiger partial charge in [0.2, 0.25) is 0 Å². The van der Waals surface area contributed by atoms with Crippen LogP contribution in [-0.4, -0.2) is 28.1 Å². The molecule has 1 aromatic rings. The van der Waals surface area contributed by atoms with E-state index in [0.29, 0.717) is 17.5 Å². The summed E-state index contributed by atoms with van der Waals surface area (Å²) in [6.07, 6.45) is -0.410. The Morgan fingerprint density at radius 1 is 1.22 bits per heavy atom. The van der Waals surface area contributed by atoms with Gasteiger partial charge in [0.1, 0.15) is 12.0 Å². The number of hydrogen-bond donors (Lipinski definition) is 2. The molecule has 23 heavy (non-hydrogen) atoms. The maximum Gasteiger partial charge on any atom is 0.311 e. The molecule has 0 radical (unpaired) electrons. The molecule has 0 fully saturated rings. The molecule has 0 aromatic heterocycles. The van der Waals surface area contributed by atoms with E-state index in [0.717, 1.165) is 0 Å². The number of benzene rings is 1. The second kappa shape index (κ2) is 6.81. The lowest BCUT2D eigenvalue weighted by atomic mass is 9.73. The molecule has 6 heteroatoms. The summed E-state index contributed by atoms with van der Waals surface area (Å²) in [5.41, 5.74) is 1.29. The Morgan fingerprint density at radius 3 is 2.43 bits per heavy atom. The molecule has 0 saturated carbocycles. The molecule has 4 atom stereocenters. The molecule has 0 aliphatic heterocycles. The third-order valence-electron chi connectivity index (χ3n) is 4.42. The Bertz CT molecular complexity index is 623. The van der Waals surface area contributed by atoms with Crippen LogP contribution in [-0.2, 0) is 25.5 Å². The second-order valence-corrected chi connectivity index (χ2v) is 5.88. The smallest absolute Gasteiger partial charge is 0.311 e. The van der Waals surface area contributed by atoms with Gasteiger partial charge in [0, 0.05) is 0 Å². The van der Waals surface area contributed by atoms with Crippen LogP contribution in [0.5, 0.6) is 0 Å². The van der Waals surface area contributed by atoms with Crippen molar-refractivity contribution < 1.29 is 29.3 Å². The number of ether oxygens (including phenoxy) is 1. The van der Waals surface area contributed by atoms with Gasteiger partial charge < -0.3 is 14.9 Å². The van der Waals surface area contributed by atoms with Gasteiger partial charge in [-0.3, -0.25) is 14.4 Å². The molecular weight excluding hydrogens is 300 g/mol. The lowest BCUT2D eigenvalue weighted by Gasteiger charge is -2.35. The Morgan fingerprint density at radius 2 is 1.87 bits per heavy atom. The van der Waals surface area contributed by atoms with Crippen molar-refractivity contribution >= 4 is 17.9 Å². The van der Waals surface area contributed by atoms with E-state index in [-0.39, 0.29) is 12.3 Å². The average molecular weight is 320 g/mol. The molecule has 124 valence electrons. The van der Waals surface area contributed by atoms with Gasteiger partial charge in [-0.2, -0.15) is 0 Å². The van der Waals surface area contributed by atoms with Crippen molar-refractivity contribution in [2.45, 2.75) is 32.8 Å². The van der Waals surface area contributed by atoms with Gasteiger partial charge >= 0.3 is 17.9 Å². The minimum Gasteiger partial charge on any atom is -0.481 e. The summed E-state index contributed by atoms with van der Waals surface area (Å²) in [7, 11) is 0. The second-order valence-electron chi connectivity index (χ2n) is 5.88. The van der Waals surface area contributed by atoms with Gasteiger partial charge in [0.15, 0.2) is 0 Å². The highest BCUT2D eigenvalue weighted by atomic mass is 16.5. The fourth-order valence-corrected chi connectivity index (χ4v) is 2.85. The van der Waals surface area contributed by atoms with E-state index in [1.165, 1.54) is 0 Å². The lowest BCUT2D eigenvalue weighted by Crippen LogP contribution is -2.41. The van der Waals surface area contributed by atoms with E-state index in [1.807, 2.05) is 6.92 Å². The third-order valence-corrected chi connectivity index (χ3v) is 4.42. The number of fused-ring (bicyclic) bond motifs is 1. The van der Waals surface area contributed by atoms with Crippen LogP contribution in [0, 0.1) is 17.8 Å². The first-order chi connectivity index (χ1) is 10.9. The number of carbonyl (C=O) groups is 3. The summed E-state index contributed by atoms with van der Waals surface area (Å²) in [5.74, 6) is -5.77. The number of carboxylic acid groups (broad SMARTS) is 2. The van der Waals surface area contributed by atoms with Crippen molar-refractivity contribution in [3.63, 3.8) is 0 Å². The van der Waals surface area contributed by atoms with Crippen molar-refractivity contribution in [3.05, 3.63) is 35.4 Å². The van der Waals surface area contributed by atoms with Gasteiger partial charge in [0.25, 0.3) is 0 Å². The zero-order valence-corrected chi connectivity index (χ0v) is 13.1. The Balaban J connectivity index is 2.46. The van der Waals surface area contributed by atoms with Crippen molar-refractivity contribution in [3.8, 4) is 0 Å². The summed E-state index contributed by atoms with van der Waals surface area (Å²) >= 11 is 0. The molecule has 1 aliphatic carbocycles. The van der Waals surface area contributed by atoms with Gasteiger partial charge in [0.05, 0.1) is 11.8 Å². The van der Waals surface area contributed by atoms with Crippen LogP contribution < -0.4 is 0 Å².